The Kier molecular flexibility index (Phi) is 2.74. The highest BCUT2D eigenvalue weighted by Crippen LogP contribution is 2.36. The summed E-state index contributed by atoms with van der Waals surface area (Å²) in [5, 5.41) is 9.68. The molecule has 0 unspecified atom stereocenters. The molecule has 0 radical (unpaired) electrons. The molecule has 6 aromatic rings. The Morgan fingerprint density at radius 2 is 1.26 bits per heavy atom. The van der Waals surface area contributed by atoms with E-state index in [1.165, 1.54) is 32.3 Å². The van der Waals surface area contributed by atoms with Crippen LogP contribution >= 0.6 is 0 Å². The minimum absolute atomic E-state index is 0.873. The van der Waals surface area contributed by atoms with Crippen LogP contribution in [0.5, 0.6) is 0 Å². The van der Waals surface area contributed by atoms with Gasteiger partial charge in [-0.05, 0) is 62.6 Å². The van der Waals surface area contributed by atoms with E-state index in [-0.39, 0.29) is 0 Å². The van der Waals surface area contributed by atoms with Crippen LogP contribution in [0.4, 0.5) is 5.88 Å². The minimum atomic E-state index is 0.873. The van der Waals surface area contributed by atoms with Crippen molar-refractivity contribution in [1.29, 1.82) is 0 Å². The second-order valence-electron chi connectivity index (χ2n) is 7.35. The van der Waals surface area contributed by atoms with E-state index in [0.717, 1.165) is 27.8 Å². The third kappa shape index (κ3) is 2.02. The van der Waals surface area contributed by atoms with Gasteiger partial charge in [0.15, 0.2) is 5.88 Å². The first-order valence-corrected chi connectivity index (χ1v) is 9.05. The zero-order chi connectivity index (χ0) is 18.1. The summed E-state index contributed by atoms with van der Waals surface area (Å²) >= 11 is 0. The molecule has 0 N–H and O–H groups in total. The van der Waals surface area contributed by atoms with Gasteiger partial charge in [0.05, 0.1) is 6.26 Å². The summed E-state index contributed by atoms with van der Waals surface area (Å²) in [6.07, 6.45) is 1.75. The van der Waals surface area contributed by atoms with E-state index < -0.39 is 0 Å². The van der Waals surface area contributed by atoms with Crippen molar-refractivity contribution in [3.8, 4) is 0 Å². The quantitative estimate of drug-likeness (QED) is 0.309. The fourth-order valence-corrected chi connectivity index (χ4v) is 4.07. The molecule has 0 fully saturated rings. The molecule has 4 aromatic carbocycles. The Morgan fingerprint density at radius 3 is 1.96 bits per heavy atom. The fourth-order valence-electron chi connectivity index (χ4n) is 4.07. The second-order valence-corrected chi connectivity index (χ2v) is 7.35. The summed E-state index contributed by atoms with van der Waals surface area (Å²) in [4.78, 5) is 1.99. The zero-order valence-electron chi connectivity index (χ0n) is 15.1. The molecule has 6 rings (SSSR count). The van der Waals surface area contributed by atoms with Gasteiger partial charge in [-0.25, -0.2) is 0 Å². The predicted octanol–water partition coefficient (Wildman–Crippen LogP) is 6.70. The van der Waals surface area contributed by atoms with Gasteiger partial charge in [0.2, 0.25) is 0 Å². The number of furan rings is 2. The molecule has 0 bridgehead atoms. The molecule has 0 aliphatic heterocycles. The van der Waals surface area contributed by atoms with Gasteiger partial charge in [-0.1, -0.05) is 24.3 Å². The Hall–Kier alpha value is -3.46. The molecular weight excluding hydrogens is 334 g/mol. The van der Waals surface area contributed by atoms with E-state index in [4.69, 9.17) is 8.83 Å². The molecule has 130 valence electrons. The van der Waals surface area contributed by atoms with Crippen LogP contribution in [0.3, 0.4) is 0 Å². The molecule has 2 aromatic heterocycles. The van der Waals surface area contributed by atoms with Crippen LogP contribution in [0.1, 0.15) is 0 Å². The molecule has 0 spiro atoms. The lowest BCUT2D eigenvalue weighted by molar-refractivity contribution is 0.610. The molecule has 27 heavy (non-hydrogen) atoms. The van der Waals surface area contributed by atoms with Gasteiger partial charge >= 0.3 is 0 Å². The Balaban J connectivity index is 1.73. The fraction of sp³-hybridized carbons (Fsp3) is 0.0833. The number of benzene rings is 4. The lowest BCUT2D eigenvalue weighted by Gasteiger charge is -2.08. The topological polar surface area (TPSA) is 29.5 Å². The summed E-state index contributed by atoms with van der Waals surface area (Å²) in [6.45, 7) is 0. The molecule has 0 aliphatic carbocycles. The average Bonchev–Trinajstić information content (AvgIpc) is 3.29. The second kappa shape index (κ2) is 5.04. The maximum Gasteiger partial charge on any atom is 0.196 e. The third-order valence-electron chi connectivity index (χ3n) is 5.47. The van der Waals surface area contributed by atoms with Crippen molar-refractivity contribution in [2.75, 3.05) is 19.0 Å². The van der Waals surface area contributed by atoms with Crippen LogP contribution in [0, 0.1) is 0 Å². The highest BCUT2D eigenvalue weighted by Gasteiger charge is 2.11. The molecular formula is C24H17NO2. The maximum absolute atomic E-state index is 5.97. The molecule has 2 heterocycles. The van der Waals surface area contributed by atoms with E-state index in [1.807, 2.05) is 25.1 Å². The standard InChI is InChI=1S/C24H17NO2/c1-25(2)24-13-17-10-21-15(12-23(17)27-24)4-6-18-19(21)5-3-14-11-22-16(7-8-26-22)9-20(14)18/h3-13H,1-2H3. The first-order chi connectivity index (χ1) is 13.2. The zero-order valence-corrected chi connectivity index (χ0v) is 15.1. The Labute approximate surface area is 155 Å². The van der Waals surface area contributed by atoms with Crippen molar-refractivity contribution in [1.82, 2.24) is 0 Å². The highest BCUT2D eigenvalue weighted by molar-refractivity contribution is 6.20. The molecule has 3 nitrogen and oxygen atoms in total. The molecule has 0 saturated heterocycles. The van der Waals surface area contributed by atoms with Gasteiger partial charge in [0.1, 0.15) is 11.2 Å². The summed E-state index contributed by atoms with van der Waals surface area (Å²) in [5.41, 5.74) is 1.85. The summed E-state index contributed by atoms with van der Waals surface area (Å²) in [6, 6.07) is 21.7. The van der Waals surface area contributed by atoms with Gasteiger partial charge in [0.25, 0.3) is 0 Å². The van der Waals surface area contributed by atoms with Crippen molar-refractivity contribution in [2.24, 2.45) is 0 Å². The highest BCUT2D eigenvalue weighted by atomic mass is 16.4. The van der Waals surface area contributed by atoms with Gasteiger partial charge in [-0.3, -0.25) is 0 Å². The predicted molar refractivity (Wildman–Crippen MR) is 113 cm³/mol. The monoisotopic (exact) mass is 351 g/mol. The third-order valence-corrected chi connectivity index (χ3v) is 5.47. The Bertz CT molecular complexity index is 1500. The first kappa shape index (κ1) is 14.7. The summed E-state index contributed by atoms with van der Waals surface area (Å²) in [7, 11) is 3.99. The normalized spacial score (nSPS) is 12.1. The number of rotatable bonds is 1. The van der Waals surface area contributed by atoms with Crippen molar-refractivity contribution >= 4 is 60.1 Å². The molecule has 3 heteroatoms. The van der Waals surface area contributed by atoms with Gasteiger partial charge in [0, 0.05) is 30.9 Å². The van der Waals surface area contributed by atoms with Gasteiger partial charge in [-0.15, -0.1) is 0 Å². The molecule has 0 amide bonds. The van der Waals surface area contributed by atoms with E-state index in [2.05, 4.69) is 54.6 Å². The molecule has 0 atom stereocenters. The van der Waals surface area contributed by atoms with Crippen molar-refractivity contribution in [3.05, 3.63) is 66.9 Å². The smallest absolute Gasteiger partial charge is 0.196 e. The van der Waals surface area contributed by atoms with Gasteiger partial charge in [-0.2, -0.15) is 0 Å². The minimum Gasteiger partial charge on any atom is -0.464 e. The largest absolute Gasteiger partial charge is 0.464 e. The first-order valence-electron chi connectivity index (χ1n) is 9.05. The molecule has 0 saturated carbocycles. The lowest BCUT2D eigenvalue weighted by Crippen LogP contribution is -2.06. The van der Waals surface area contributed by atoms with E-state index in [1.54, 1.807) is 6.26 Å². The lowest BCUT2D eigenvalue weighted by atomic mass is 9.96. The number of anilines is 1. The van der Waals surface area contributed by atoms with Gasteiger partial charge < -0.3 is 13.7 Å². The SMILES string of the molecule is CN(C)c1cc2cc3c(ccc4c5cc6ccoc6cc5ccc34)cc2o1. The van der Waals surface area contributed by atoms with Crippen LogP contribution in [0.15, 0.2) is 75.8 Å². The average molecular weight is 351 g/mol. The van der Waals surface area contributed by atoms with Crippen LogP contribution in [0.25, 0.3) is 54.3 Å². The Morgan fingerprint density at radius 1 is 0.593 bits per heavy atom. The van der Waals surface area contributed by atoms with Crippen molar-refractivity contribution in [3.63, 3.8) is 0 Å². The number of hydrogen-bond acceptors (Lipinski definition) is 3. The van der Waals surface area contributed by atoms with Crippen LogP contribution in [0.2, 0.25) is 0 Å². The van der Waals surface area contributed by atoms with Crippen molar-refractivity contribution in [2.45, 2.75) is 0 Å². The van der Waals surface area contributed by atoms with Crippen LogP contribution < -0.4 is 4.90 Å². The number of fused-ring (bicyclic) bond motifs is 7. The summed E-state index contributed by atoms with van der Waals surface area (Å²) in [5.74, 6) is 0.873. The summed E-state index contributed by atoms with van der Waals surface area (Å²) < 4.78 is 11.5. The number of hydrogen-bond donors (Lipinski definition) is 0. The maximum atomic E-state index is 5.97. The van der Waals surface area contributed by atoms with Crippen LogP contribution in [-0.4, -0.2) is 14.1 Å². The number of nitrogens with zero attached hydrogens (tertiary/aromatic N) is 1. The van der Waals surface area contributed by atoms with E-state index in [0.29, 0.717) is 0 Å². The van der Waals surface area contributed by atoms with E-state index >= 15 is 0 Å². The van der Waals surface area contributed by atoms with Crippen LogP contribution in [-0.2, 0) is 0 Å². The van der Waals surface area contributed by atoms with E-state index in [9.17, 15) is 0 Å². The molecule has 0 aliphatic rings. The van der Waals surface area contributed by atoms with Crippen molar-refractivity contribution < 1.29 is 8.83 Å².